The lowest BCUT2D eigenvalue weighted by Crippen LogP contribution is -2.35. The number of benzene rings is 2. The van der Waals surface area contributed by atoms with Crippen LogP contribution in [0.1, 0.15) is 0 Å². The summed E-state index contributed by atoms with van der Waals surface area (Å²) in [5, 5.41) is 2.69. The molecule has 2 aromatic carbocycles. The smallest absolute Gasteiger partial charge is 0.244 e. The van der Waals surface area contributed by atoms with Crippen LogP contribution in [0.25, 0.3) is 0 Å². The van der Waals surface area contributed by atoms with Gasteiger partial charge in [0.2, 0.25) is 5.91 Å². The van der Waals surface area contributed by atoms with Crippen molar-refractivity contribution in [1.82, 2.24) is 0 Å². The zero-order chi connectivity index (χ0) is 13.4. The van der Waals surface area contributed by atoms with Crippen LogP contribution in [0.4, 0.5) is 21.5 Å². The van der Waals surface area contributed by atoms with Crippen LogP contribution in [0.5, 0.6) is 0 Å². The number of amides is 1. The van der Waals surface area contributed by atoms with Crippen LogP contribution < -0.4 is 10.2 Å². The lowest BCUT2D eigenvalue weighted by atomic mass is 10.1. The van der Waals surface area contributed by atoms with Crippen molar-refractivity contribution in [2.75, 3.05) is 16.8 Å². The van der Waals surface area contributed by atoms with Gasteiger partial charge in [-0.1, -0.05) is 29.8 Å². The van der Waals surface area contributed by atoms with E-state index >= 15 is 0 Å². The molecule has 1 amide bonds. The molecular weight excluding hydrogens is 267 g/mol. The standard InChI is InChI=1S/C14H10ClFN2O/c15-10-6-13-12(7-11(10)16)17-14(19)8-18(13)9-4-2-1-3-5-9/h1-7H,8H2,(H,17,19). The number of hydrogen-bond acceptors (Lipinski definition) is 2. The highest BCUT2D eigenvalue weighted by molar-refractivity contribution is 6.31. The molecule has 0 unspecified atom stereocenters. The number of anilines is 3. The molecule has 0 atom stereocenters. The van der Waals surface area contributed by atoms with Gasteiger partial charge in [-0.15, -0.1) is 0 Å². The topological polar surface area (TPSA) is 32.3 Å². The lowest BCUT2D eigenvalue weighted by molar-refractivity contribution is -0.115. The monoisotopic (exact) mass is 276 g/mol. The average molecular weight is 277 g/mol. The first-order valence-corrected chi connectivity index (χ1v) is 6.14. The largest absolute Gasteiger partial charge is 0.330 e. The van der Waals surface area contributed by atoms with Crippen molar-refractivity contribution in [2.45, 2.75) is 0 Å². The van der Waals surface area contributed by atoms with Crippen molar-refractivity contribution in [2.24, 2.45) is 0 Å². The minimum absolute atomic E-state index is 0.0378. The van der Waals surface area contributed by atoms with Crippen LogP contribution in [0, 0.1) is 5.82 Å². The molecule has 3 rings (SSSR count). The molecule has 2 aromatic rings. The summed E-state index contributed by atoms with van der Waals surface area (Å²) in [7, 11) is 0. The molecule has 0 aromatic heterocycles. The highest BCUT2D eigenvalue weighted by atomic mass is 35.5. The lowest BCUT2D eigenvalue weighted by Gasteiger charge is -2.31. The van der Waals surface area contributed by atoms with E-state index in [0.29, 0.717) is 11.4 Å². The van der Waals surface area contributed by atoms with Gasteiger partial charge in [-0.25, -0.2) is 4.39 Å². The molecule has 0 spiro atoms. The van der Waals surface area contributed by atoms with Crippen molar-refractivity contribution in [3.63, 3.8) is 0 Å². The van der Waals surface area contributed by atoms with E-state index in [4.69, 9.17) is 11.6 Å². The first-order chi connectivity index (χ1) is 9.15. The number of halogens is 2. The number of nitrogens with zero attached hydrogens (tertiary/aromatic N) is 1. The molecule has 0 saturated heterocycles. The maximum atomic E-state index is 13.5. The van der Waals surface area contributed by atoms with E-state index in [0.717, 1.165) is 5.69 Å². The summed E-state index contributed by atoms with van der Waals surface area (Å²) in [6.07, 6.45) is 0. The first kappa shape index (κ1) is 12.0. The first-order valence-electron chi connectivity index (χ1n) is 5.76. The van der Waals surface area contributed by atoms with Crippen LogP contribution in [-0.2, 0) is 4.79 Å². The van der Waals surface area contributed by atoms with Gasteiger partial charge in [0.1, 0.15) is 12.4 Å². The van der Waals surface area contributed by atoms with Gasteiger partial charge in [-0.3, -0.25) is 4.79 Å². The molecule has 0 bridgehead atoms. The molecule has 1 aliphatic heterocycles. The van der Waals surface area contributed by atoms with Gasteiger partial charge < -0.3 is 10.2 Å². The second kappa shape index (κ2) is 4.55. The van der Waals surface area contributed by atoms with Crippen molar-refractivity contribution < 1.29 is 9.18 Å². The summed E-state index contributed by atoms with van der Waals surface area (Å²) >= 11 is 5.82. The highest BCUT2D eigenvalue weighted by Gasteiger charge is 2.24. The zero-order valence-corrected chi connectivity index (χ0v) is 10.6. The Hall–Kier alpha value is -2.07. The predicted molar refractivity (Wildman–Crippen MR) is 73.5 cm³/mol. The van der Waals surface area contributed by atoms with Gasteiger partial charge >= 0.3 is 0 Å². The molecule has 0 aliphatic carbocycles. The maximum absolute atomic E-state index is 13.5. The van der Waals surface area contributed by atoms with E-state index in [2.05, 4.69) is 5.32 Å². The molecule has 1 heterocycles. The molecule has 1 N–H and O–H groups in total. The third-order valence-corrected chi connectivity index (χ3v) is 3.26. The Kier molecular flexibility index (Phi) is 2.87. The van der Waals surface area contributed by atoms with Crippen molar-refractivity contribution >= 4 is 34.6 Å². The molecule has 0 radical (unpaired) electrons. The predicted octanol–water partition coefficient (Wildman–Crippen LogP) is 3.57. The number of nitrogens with one attached hydrogen (secondary N) is 1. The second-order valence-corrected chi connectivity index (χ2v) is 4.66. The molecule has 1 aliphatic rings. The third kappa shape index (κ3) is 2.15. The summed E-state index contributed by atoms with van der Waals surface area (Å²) in [6.45, 7) is 0.180. The molecule has 96 valence electrons. The van der Waals surface area contributed by atoms with Crippen LogP contribution in [-0.4, -0.2) is 12.5 Å². The molecular formula is C14H10ClFN2O. The minimum atomic E-state index is -0.546. The summed E-state index contributed by atoms with van der Waals surface area (Å²) < 4.78 is 13.5. The molecule has 0 fully saturated rings. The Morgan fingerprint density at radius 1 is 1.21 bits per heavy atom. The van der Waals surface area contributed by atoms with Crippen molar-refractivity contribution in [3.8, 4) is 0 Å². The van der Waals surface area contributed by atoms with E-state index in [1.165, 1.54) is 12.1 Å². The van der Waals surface area contributed by atoms with Gasteiger partial charge in [-0.05, 0) is 18.2 Å². The third-order valence-electron chi connectivity index (χ3n) is 2.97. The Bertz CT molecular complexity index is 645. The normalized spacial score (nSPS) is 14.0. The Morgan fingerprint density at radius 3 is 2.68 bits per heavy atom. The molecule has 5 heteroatoms. The highest BCUT2D eigenvalue weighted by Crippen LogP contribution is 2.37. The number of rotatable bonds is 1. The van der Waals surface area contributed by atoms with Gasteiger partial charge in [0.25, 0.3) is 0 Å². The Balaban J connectivity index is 2.14. The van der Waals surface area contributed by atoms with E-state index in [1.54, 1.807) is 4.90 Å². The minimum Gasteiger partial charge on any atom is -0.330 e. The summed E-state index contributed by atoms with van der Waals surface area (Å²) in [6, 6.07) is 12.2. The maximum Gasteiger partial charge on any atom is 0.244 e. The quantitative estimate of drug-likeness (QED) is 0.864. The fourth-order valence-corrected chi connectivity index (χ4v) is 2.27. The Morgan fingerprint density at radius 2 is 1.95 bits per heavy atom. The molecule has 19 heavy (non-hydrogen) atoms. The van der Waals surface area contributed by atoms with E-state index in [9.17, 15) is 9.18 Å². The Labute approximate surface area is 114 Å². The fourth-order valence-electron chi connectivity index (χ4n) is 2.12. The molecule has 0 saturated carbocycles. The average Bonchev–Trinajstić information content (AvgIpc) is 2.41. The van der Waals surface area contributed by atoms with Gasteiger partial charge in [0.05, 0.1) is 16.4 Å². The molecule has 3 nitrogen and oxygen atoms in total. The van der Waals surface area contributed by atoms with Crippen LogP contribution in [0.15, 0.2) is 42.5 Å². The van der Waals surface area contributed by atoms with Crippen LogP contribution >= 0.6 is 11.6 Å². The number of hydrogen-bond donors (Lipinski definition) is 1. The summed E-state index contributed by atoms with van der Waals surface area (Å²) in [5.74, 6) is -0.728. The van der Waals surface area contributed by atoms with Gasteiger partial charge in [0.15, 0.2) is 0 Å². The second-order valence-electron chi connectivity index (χ2n) is 4.25. The van der Waals surface area contributed by atoms with Gasteiger partial charge in [-0.2, -0.15) is 0 Å². The summed E-state index contributed by atoms with van der Waals surface area (Å²) in [5.41, 5.74) is 1.99. The van der Waals surface area contributed by atoms with Crippen LogP contribution in [0.3, 0.4) is 0 Å². The number of para-hydroxylation sites is 1. The SMILES string of the molecule is O=C1CN(c2ccccc2)c2cc(Cl)c(F)cc2N1. The van der Waals surface area contributed by atoms with Crippen LogP contribution in [0.2, 0.25) is 5.02 Å². The van der Waals surface area contributed by atoms with E-state index < -0.39 is 5.82 Å². The number of carbonyl (C=O) groups excluding carboxylic acids is 1. The van der Waals surface area contributed by atoms with E-state index in [-0.39, 0.29) is 17.5 Å². The van der Waals surface area contributed by atoms with Crippen molar-refractivity contribution in [3.05, 3.63) is 53.3 Å². The van der Waals surface area contributed by atoms with Crippen molar-refractivity contribution in [1.29, 1.82) is 0 Å². The zero-order valence-electron chi connectivity index (χ0n) is 9.86. The van der Waals surface area contributed by atoms with Gasteiger partial charge in [0, 0.05) is 11.8 Å². The number of fused-ring (bicyclic) bond motifs is 1. The number of carbonyl (C=O) groups is 1. The fraction of sp³-hybridized carbons (Fsp3) is 0.0714. The van der Waals surface area contributed by atoms with E-state index in [1.807, 2.05) is 30.3 Å². The summed E-state index contributed by atoms with van der Waals surface area (Å²) in [4.78, 5) is 13.5.